The van der Waals surface area contributed by atoms with Crippen LogP contribution >= 0.6 is 0 Å². The summed E-state index contributed by atoms with van der Waals surface area (Å²) in [6.07, 6.45) is 8.27. The highest BCUT2D eigenvalue weighted by Gasteiger charge is 1.95. The van der Waals surface area contributed by atoms with Gasteiger partial charge in [0, 0.05) is 24.3 Å². The molecule has 0 aliphatic rings. The van der Waals surface area contributed by atoms with Gasteiger partial charge in [-0.3, -0.25) is 0 Å². The second kappa shape index (κ2) is 16.4. The van der Waals surface area contributed by atoms with E-state index in [0.717, 1.165) is 37.1 Å². The Labute approximate surface area is 118 Å². The Kier molecular flexibility index (Phi) is 16.2. The highest BCUT2D eigenvalue weighted by molar-refractivity contribution is 5.82. The molecule has 0 aromatic rings. The third-order valence-electron chi connectivity index (χ3n) is 1.84. The molecule has 1 N–H and O–H groups in total. The monoisotopic (exact) mass is 278 g/mol. The number of hydrogen-bond acceptors (Lipinski definition) is 5. The summed E-state index contributed by atoms with van der Waals surface area (Å²) >= 11 is 0. The van der Waals surface area contributed by atoms with Gasteiger partial charge >= 0.3 is 11.9 Å². The summed E-state index contributed by atoms with van der Waals surface area (Å²) < 4.78 is 4.81. The first-order valence-electron chi connectivity index (χ1n) is 6.10. The smallest absolute Gasteiger partial charge is 0.331 e. The molecule has 0 atom stereocenters. The Morgan fingerprint density at radius 2 is 1.70 bits per heavy atom. The number of esters is 1. The molecule has 6 heteroatoms. The average molecular weight is 278 g/mol. The van der Waals surface area contributed by atoms with Gasteiger partial charge in [0.2, 0.25) is 0 Å². The Morgan fingerprint density at radius 1 is 1.10 bits per heavy atom. The highest BCUT2D eigenvalue weighted by Crippen LogP contribution is 1.98. The molecule has 0 bridgehead atoms. The van der Waals surface area contributed by atoms with E-state index in [2.05, 4.69) is 6.92 Å². The van der Waals surface area contributed by atoms with Gasteiger partial charge < -0.3 is 9.84 Å². The predicted octanol–water partition coefficient (Wildman–Crippen LogP) is 2.34. The van der Waals surface area contributed by atoms with Gasteiger partial charge in [0.15, 0.2) is 0 Å². The van der Waals surface area contributed by atoms with E-state index in [9.17, 15) is 9.59 Å². The summed E-state index contributed by atoms with van der Waals surface area (Å²) in [5.41, 5.74) is 0. The van der Waals surface area contributed by atoms with Crippen LogP contribution in [0.25, 0.3) is 0 Å². The zero-order valence-electron chi connectivity index (χ0n) is 11.4. The molecule has 20 heavy (non-hydrogen) atoms. The van der Waals surface area contributed by atoms with E-state index in [1.807, 2.05) is 0 Å². The normalized spacial score (nSPS) is 9.35. The summed E-state index contributed by atoms with van der Waals surface area (Å²) in [5.74, 6) is -1.53. The quantitative estimate of drug-likeness (QED) is 0.331. The molecule has 0 aliphatic heterocycles. The second-order valence-electron chi connectivity index (χ2n) is 3.49. The third kappa shape index (κ3) is 20.8. The van der Waals surface area contributed by atoms with E-state index >= 15 is 0 Å². The largest absolute Gasteiger partial charge is 0.478 e. The van der Waals surface area contributed by atoms with Gasteiger partial charge in [-0.2, -0.15) is 10.5 Å². The van der Waals surface area contributed by atoms with Gasteiger partial charge in [-0.1, -0.05) is 26.2 Å². The van der Waals surface area contributed by atoms with Crippen molar-refractivity contribution >= 4 is 11.9 Å². The van der Waals surface area contributed by atoms with Crippen LogP contribution in [0.15, 0.2) is 24.3 Å². The number of carboxylic acids is 1. The molecule has 0 aliphatic carbocycles. The molecule has 0 saturated carbocycles. The van der Waals surface area contributed by atoms with Crippen molar-refractivity contribution in [1.82, 2.24) is 0 Å². The zero-order chi connectivity index (χ0) is 15.6. The first kappa shape index (κ1) is 19.7. The molecule has 6 nitrogen and oxygen atoms in total. The number of hydrogen-bond donors (Lipinski definition) is 1. The maximum absolute atomic E-state index is 10.8. The van der Waals surface area contributed by atoms with E-state index in [0.29, 0.717) is 6.61 Å². The standard InChI is InChI=1S/C10H15NO2.C4H3NO2/c1-2-3-4-5-9-13-10(12)7-6-8-11;5-3-1-2-4(6)7/h6-7H,2-5,9H2,1H3;1-2H,(H,6,7). The number of nitriles is 2. The van der Waals surface area contributed by atoms with E-state index in [1.54, 1.807) is 6.07 Å². The molecule has 0 amide bonds. The predicted molar refractivity (Wildman–Crippen MR) is 72.2 cm³/mol. The average Bonchev–Trinajstić information content (AvgIpc) is 2.43. The van der Waals surface area contributed by atoms with Crippen molar-refractivity contribution < 1.29 is 19.4 Å². The zero-order valence-corrected chi connectivity index (χ0v) is 11.4. The summed E-state index contributed by atoms with van der Waals surface area (Å²) in [7, 11) is 0. The molecule has 0 aromatic heterocycles. The number of carbonyl (C=O) groups excluding carboxylic acids is 1. The molecular weight excluding hydrogens is 260 g/mol. The first-order chi connectivity index (χ1) is 9.58. The van der Waals surface area contributed by atoms with Crippen LogP contribution in [0.5, 0.6) is 0 Å². The minimum absolute atomic E-state index is 0.432. The lowest BCUT2D eigenvalue weighted by atomic mass is 10.2. The fraction of sp³-hybridized carbons (Fsp3) is 0.429. The van der Waals surface area contributed by atoms with Crippen molar-refractivity contribution in [2.24, 2.45) is 0 Å². The number of rotatable bonds is 7. The Bertz CT molecular complexity index is 414. The van der Waals surface area contributed by atoms with Crippen molar-refractivity contribution in [3.63, 3.8) is 0 Å². The van der Waals surface area contributed by atoms with Gasteiger partial charge in [-0.15, -0.1) is 0 Å². The van der Waals surface area contributed by atoms with Gasteiger partial charge in [-0.25, -0.2) is 9.59 Å². The van der Waals surface area contributed by atoms with Crippen LogP contribution in [0.2, 0.25) is 0 Å². The van der Waals surface area contributed by atoms with Crippen LogP contribution in [0, 0.1) is 22.7 Å². The number of ether oxygens (including phenoxy) is 1. The van der Waals surface area contributed by atoms with Gasteiger partial charge in [0.25, 0.3) is 0 Å². The minimum Gasteiger partial charge on any atom is -0.478 e. The molecule has 0 spiro atoms. The molecule has 0 radical (unpaired) electrons. The fourth-order valence-corrected chi connectivity index (χ4v) is 0.964. The van der Waals surface area contributed by atoms with E-state index in [4.69, 9.17) is 20.4 Å². The van der Waals surface area contributed by atoms with E-state index in [1.165, 1.54) is 18.9 Å². The van der Waals surface area contributed by atoms with Gasteiger partial charge in [0.05, 0.1) is 18.7 Å². The van der Waals surface area contributed by atoms with E-state index in [-0.39, 0.29) is 0 Å². The minimum atomic E-state index is -1.10. The van der Waals surface area contributed by atoms with Gasteiger partial charge in [0.1, 0.15) is 0 Å². The maximum Gasteiger partial charge on any atom is 0.331 e. The van der Waals surface area contributed by atoms with E-state index < -0.39 is 11.9 Å². The molecule has 0 saturated heterocycles. The maximum atomic E-state index is 10.8. The summed E-state index contributed by atoms with van der Waals surface area (Å²) in [4.78, 5) is 20.3. The molecule has 0 rings (SSSR count). The van der Waals surface area contributed by atoms with Crippen LogP contribution < -0.4 is 0 Å². The molecule has 0 unspecified atom stereocenters. The van der Waals surface area contributed by atoms with Crippen LogP contribution in [-0.4, -0.2) is 23.7 Å². The lowest BCUT2D eigenvalue weighted by Crippen LogP contribution is -2.01. The third-order valence-corrected chi connectivity index (χ3v) is 1.84. The van der Waals surface area contributed by atoms with Crippen molar-refractivity contribution in [1.29, 1.82) is 10.5 Å². The SMILES string of the molecule is CCCCCCOC(=O)C=CC#N.N#CC=CC(=O)O. The van der Waals surface area contributed by atoms with Crippen LogP contribution in [0.4, 0.5) is 0 Å². The number of nitrogens with zero attached hydrogens (tertiary/aromatic N) is 2. The number of carboxylic acid groups (broad SMARTS) is 1. The summed E-state index contributed by atoms with van der Waals surface area (Å²) in [6, 6.07) is 3.27. The number of aliphatic carboxylic acids is 1. The Hall–Kier alpha value is -2.60. The Morgan fingerprint density at radius 3 is 2.15 bits per heavy atom. The molecule has 0 fully saturated rings. The number of allylic oxidation sites excluding steroid dienone is 2. The van der Waals surface area contributed by atoms with Crippen molar-refractivity contribution in [2.45, 2.75) is 32.6 Å². The van der Waals surface area contributed by atoms with Crippen LogP contribution in [0.1, 0.15) is 32.6 Å². The van der Waals surface area contributed by atoms with Crippen LogP contribution in [0.3, 0.4) is 0 Å². The first-order valence-corrected chi connectivity index (χ1v) is 6.10. The van der Waals surface area contributed by atoms with Gasteiger partial charge in [-0.05, 0) is 6.42 Å². The lowest BCUT2D eigenvalue weighted by molar-refractivity contribution is -0.138. The number of unbranched alkanes of at least 4 members (excludes halogenated alkanes) is 3. The molecular formula is C14H18N2O4. The topological polar surface area (TPSA) is 111 Å². The lowest BCUT2D eigenvalue weighted by Gasteiger charge is -2.00. The molecule has 108 valence electrons. The van der Waals surface area contributed by atoms with Crippen LogP contribution in [-0.2, 0) is 14.3 Å². The second-order valence-corrected chi connectivity index (χ2v) is 3.49. The highest BCUT2D eigenvalue weighted by atomic mass is 16.5. The van der Waals surface area contributed by atoms with Crippen molar-refractivity contribution in [3.8, 4) is 12.1 Å². The van der Waals surface area contributed by atoms with Crippen molar-refractivity contribution in [2.75, 3.05) is 6.61 Å². The van der Waals surface area contributed by atoms with Crippen molar-refractivity contribution in [3.05, 3.63) is 24.3 Å². The Balaban J connectivity index is 0. The number of carbonyl (C=O) groups is 2. The summed E-state index contributed by atoms with van der Waals surface area (Å²) in [5, 5.41) is 23.6. The fourth-order valence-electron chi connectivity index (χ4n) is 0.964. The summed E-state index contributed by atoms with van der Waals surface area (Å²) in [6.45, 7) is 2.58. The molecule has 0 aromatic carbocycles. The molecule has 0 heterocycles.